The van der Waals surface area contributed by atoms with Gasteiger partial charge in [0.2, 0.25) is 5.91 Å². The van der Waals surface area contributed by atoms with Crippen LogP contribution < -0.4 is 9.47 Å². The van der Waals surface area contributed by atoms with Crippen LogP contribution in [0.1, 0.15) is 42.3 Å². The Balaban J connectivity index is 1.53. The molecule has 5 nitrogen and oxygen atoms in total. The third-order valence-corrected chi connectivity index (χ3v) is 6.46. The number of carbonyl (C=O) groups excluding carboxylic acids is 1. The van der Waals surface area contributed by atoms with Crippen LogP contribution in [0.2, 0.25) is 0 Å². The molecule has 1 aliphatic heterocycles. The Morgan fingerprint density at radius 3 is 2.50 bits per heavy atom. The van der Waals surface area contributed by atoms with Gasteiger partial charge in [-0.2, -0.15) is 0 Å². The highest BCUT2D eigenvalue weighted by Gasteiger charge is 2.34. The first kappa shape index (κ1) is 22.1. The predicted molar refractivity (Wildman–Crippen MR) is 134 cm³/mol. The topological polar surface area (TPSA) is 54.6 Å². The third-order valence-electron chi connectivity index (χ3n) is 6.46. The van der Waals surface area contributed by atoms with Crippen LogP contribution in [-0.4, -0.2) is 35.5 Å². The number of para-hydroxylation sites is 2. The SMILES string of the molecule is CCOc1cccc(CC(=O)N2CCc3c([nH]c4ccccc34)[C@@H]2c2ccccc2)c1OCC. The zero-order valence-electron chi connectivity index (χ0n) is 19.7. The van der Waals surface area contributed by atoms with Gasteiger partial charge in [0.25, 0.3) is 0 Å². The summed E-state index contributed by atoms with van der Waals surface area (Å²) < 4.78 is 11.7. The van der Waals surface area contributed by atoms with Crippen molar-refractivity contribution in [3.8, 4) is 11.5 Å². The lowest BCUT2D eigenvalue weighted by atomic mass is 9.91. The van der Waals surface area contributed by atoms with Gasteiger partial charge in [-0.25, -0.2) is 0 Å². The van der Waals surface area contributed by atoms with Gasteiger partial charge in [0.15, 0.2) is 11.5 Å². The Hall–Kier alpha value is -3.73. The van der Waals surface area contributed by atoms with E-state index in [1.165, 1.54) is 10.9 Å². The Morgan fingerprint density at radius 2 is 1.71 bits per heavy atom. The van der Waals surface area contributed by atoms with E-state index in [0.717, 1.165) is 28.8 Å². The highest BCUT2D eigenvalue weighted by molar-refractivity contribution is 5.87. The molecule has 0 aliphatic carbocycles. The smallest absolute Gasteiger partial charge is 0.227 e. The van der Waals surface area contributed by atoms with Crippen LogP contribution in [0.3, 0.4) is 0 Å². The molecule has 0 radical (unpaired) electrons. The number of rotatable bonds is 7. The summed E-state index contributed by atoms with van der Waals surface area (Å²) >= 11 is 0. The van der Waals surface area contributed by atoms with E-state index in [1.807, 2.05) is 61.2 Å². The van der Waals surface area contributed by atoms with E-state index in [9.17, 15) is 4.79 Å². The van der Waals surface area contributed by atoms with Gasteiger partial charge in [0.1, 0.15) is 0 Å². The quantitative estimate of drug-likeness (QED) is 0.391. The van der Waals surface area contributed by atoms with Gasteiger partial charge in [-0.15, -0.1) is 0 Å². The molecule has 0 fully saturated rings. The number of carbonyl (C=O) groups is 1. The lowest BCUT2D eigenvalue weighted by Gasteiger charge is -2.36. The van der Waals surface area contributed by atoms with E-state index >= 15 is 0 Å². The van der Waals surface area contributed by atoms with Gasteiger partial charge >= 0.3 is 0 Å². The highest BCUT2D eigenvalue weighted by atomic mass is 16.5. The van der Waals surface area contributed by atoms with Gasteiger partial charge < -0.3 is 19.4 Å². The van der Waals surface area contributed by atoms with Gasteiger partial charge in [-0.3, -0.25) is 4.79 Å². The second-order valence-electron chi connectivity index (χ2n) is 8.50. The second-order valence-corrected chi connectivity index (χ2v) is 8.50. The van der Waals surface area contributed by atoms with Crippen LogP contribution in [0.4, 0.5) is 0 Å². The first-order valence-corrected chi connectivity index (χ1v) is 12.0. The average molecular weight is 455 g/mol. The van der Waals surface area contributed by atoms with E-state index in [-0.39, 0.29) is 18.4 Å². The molecule has 5 rings (SSSR count). The summed E-state index contributed by atoms with van der Waals surface area (Å²) in [6.45, 7) is 5.62. The molecule has 1 aliphatic rings. The molecule has 1 N–H and O–H groups in total. The molecule has 0 unspecified atom stereocenters. The molecule has 3 aromatic carbocycles. The summed E-state index contributed by atoms with van der Waals surface area (Å²) in [5.41, 5.74) is 5.50. The van der Waals surface area contributed by atoms with Crippen molar-refractivity contribution >= 4 is 16.8 Å². The van der Waals surface area contributed by atoms with Gasteiger partial charge in [0, 0.05) is 28.7 Å². The molecule has 5 heteroatoms. The molecule has 174 valence electrons. The Morgan fingerprint density at radius 1 is 0.941 bits per heavy atom. The molecule has 1 aromatic heterocycles. The molecule has 2 heterocycles. The maximum atomic E-state index is 13.8. The van der Waals surface area contributed by atoms with Crippen LogP contribution in [-0.2, 0) is 17.6 Å². The Bertz CT molecular complexity index is 1300. The first-order chi connectivity index (χ1) is 16.7. The van der Waals surface area contributed by atoms with Gasteiger partial charge in [-0.1, -0.05) is 60.7 Å². The van der Waals surface area contributed by atoms with Crippen molar-refractivity contribution in [2.75, 3.05) is 19.8 Å². The van der Waals surface area contributed by atoms with Crippen molar-refractivity contribution in [3.05, 3.63) is 95.2 Å². The van der Waals surface area contributed by atoms with E-state index in [0.29, 0.717) is 31.3 Å². The number of hydrogen-bond acceptors (Lipinski definition) is 3. The molecular weight excluding hydrogens is 424 g/mol. The van der Waals surface area contributed by atoms with E-state index in [1.54, 1.807) is 0 Å². The fourth-order valence-corrected chi connectivity index (χ4v) is 5.03. The summed E-state index contributed by atoms with van der Waals surface area (Å²) in [5.74, 6) is 1.43. The molecule has 0 bridgehead atoms. The van der Waals surface area contributed by atoms with Crippen LogP contribution in [0, 0.1) is 0 Å². The number of nitrogens with zero attached hydrogens (tertiary/aromatic N) is 1. The summed E-state index contributed by atoms with van der Waals surface area (Å²) in [7, 11) is 0. The standard InChI is InChI=1S/C29H30N2O3/c1-3-33-25-16-10-13-21(29(25)34-4-2)19-26(32)31-18-17-23-22-14-8-9-15-24(22)30-27(23)28(31)20-11-6-5-7-12-20/h5-16,28,30H,3-4,17-19H2,1-2H3/t28-/m0/s1. The summed E-state index contributed by atoms with van der Waals surface area (Å²) in [6.07, 6.45) is 1.08. The Labute approximate surface area is 200 Å². The van der Waals surface area contributed by atoms with Gasteiger partial charge in [0.05, 0.1) is 25.7 Å². The predicted octanol–water partition coefficient (Wildman–Crippen LogP) is 5.68. The fraction of sp³-hybridized carbons (Fsp3) is 0.276. The van der Waals surface area contributed by atoms with Crippen LogP contribution >= 0.6 is 0 Å². The van der Waals surface area contributed by atoms with Crippen LogP contribution in [0.5, 0.6) is 11.5 Å². The molecule has 34 heavy (non-hydrogen) atoms. The van der Waals surface area contributed by atoms with E-state index < -0.39 is 0 Å². The minimum absolute atomic E-state index is 0.0766. The van der Waals surface area contributed by atoms with Crippen molar-refractivity contribution < 1.29 is 14.3 Å². The fourth-order valence-electron chi connectivity index (χ4n) is 5.03. The van der Waals surface area contributed by atoms with Gasteiger partial charge in [-0.05, 0) is 43.5 Å². The molecule has 0 saturated carbocycles. The summed E-state index contributed by atoms with van der Waals surface area (Å²) in [4.78, 5) is 19.5. The minimum Gasteiger partial charge on any atom is -0.490 e. The number of nitrogens with one attached hydrogen (secondary N) is 1. The van der Waals surface area contributed by atoms with Crippen LogP contribution in [0.25, 0.3) is 10.9 Å². The van der Waals surface area contributed by atoms with Crippen molar-refractivity contribution in [1.82, 2.24) is 9.88 Å². The minimum atomic E-state index is -0.157. The first-order valence-electron chi connectivity index (χ1n) is 12.0. The van der Waals surface area contributed by atoms with E-state index in [2.05, 4.69) is 35.3 Å². The normalized spacial score (nSPS) is 15.2. The number of benzene rings is 3. The van der Waals surface area contributed by atoms with Crippen molar-refractivity contribution in [2.45, 2.75) is 32.7 Å². The van der Waals surface area contributed by atoms with Crippen molar-refractivity contribution in [3.63, 3.8) is 0 Å². The number of hydrogen-bond donors (Lipinski definition) is 1. The lowest BCUT2D eigenvalue weighted by molar-refractivity contribution is -0.132. The van der Waals surface area contributed by atoms with Crippen LogP contribution in [0.15, 0.2) is 72.8 Å². The largest absolute Gasteiger partial charge is 0.490 e. The number of amides is 1. The molecule has 0 saturated heterocycles. The number of fused-ring (bicyclic) bond motifs is 3. The zero-order valence-corrected chi connectivity index (χ0v) is 19.7. The number of aromatic nitrogens is 1. The maximum Gasteiger partial charge on any atom is 0.227 e. The number of H-pyrrole nitrogens is 1. The third kappa shape index (κ3) is 4.03. The molecule has 1 atom stereocenters. The van der Waals surface area contributed by atoms with E-state index in [4.69, 9.17) is 9.47 Å². The zero-order chi connectivity index (χ0) is 23.5. The Kier molecular flexibility index (Phi) is 6.26. The maximum absolute atomic E-state index is 13.8. The van der Waals surface area contributed by atoms with Crippen molar-refractivity contribution in [1.29, 1.82) is 0 Å². The molecule has 0 spiro atoms. The monoisotopic (exact) mass is 454 g/mol. The summed E-state index contributed by atoms with van der Waals surface area (Å²) in [5, 5.41) is 1.24. The number of ether oxygens (including phenoxy) is 2. The molecule has 1 amide bonds. The summed E-state index contributed by atoms with van der Waals surface area (Å²) in [6, 6.07) is 24.3. The molecular formula is C29H30N2O3. The lowest BCUT2D eigenvalue weighted by Crippen LogP contribution is -2.41. The highest BCUT2D eigenvalue weighted by Crippen LogP contribution is 2.39. The molecule has 4 aromatic rings. The number of aromatic amines is 1. The van der Waals surface area contributed by atoms with Crippen molar-refractivity contribution in [2.24, 2.45) is 0 Å². The second kappa shape index (κ2) is 9.64. The average Bonchev–Trinajstić information content (AvgIpc) is 3.25.